The predicted octanol–water partition coefficient (Wildman–Crippen LogP) is 2.10. The van der Waals surface area contributed by atoms with E-state index in [9.17, 15) is 4.79 Å². The van der Waals surface area contributed by atoms with Gasteiger partial charge in [-0.1, -0.05) is 0 Å². The average Bonchev–Trinajstić information content (AvgIpc) is 2.36. The van der Waals surface area contributed by atoms with Gasteiger partial charge in [-0.05, 0) is 32.9 Å². The van der Waals surface area contributed by atoms with E-state index in [2.05, 4.69) is 15.0 Å². The number of rotatable bonds is 6. The van der Waals surface area contributed by atoms with Crippen molar-refractivity contribution in [2.75, 3.05) is 25.6 Å². The first-order valence-corrected chi connectivity index (χ1v) is 5.90. The van der Waals surface area contributed by atoms with Crippen LogP contribution in [0.1, 0.15) is 31.1 Å². The Bertz CT molecular complexity index is 405. The molecule has 0 unspecified atom stereocenters. The van der Waals surface area contributed by atoms with Gasteiger partial charge in [0.15, 0.2) is 0 Å². The number of ether oxygens (including phenoxy) is 2. The maximum absolute atomic E-state index is 11.4. The number of carbonyl (C=O) groups excluding carboxylic acids is 1. The van der Waals surface area contributed by atoms with E-state index in [1.807, 2.05) is 20.8 Å². The third-order valence-corrected chi connectivity index (χ3v) is 2.41. The van der Waals surface area contributed by atoms with Gasteiger partial charge in [0.2, 0.25) is 0 Å². The highest BCUT2D eigenvalue weighted by Gasteiger charge is 2.17. The molecule has 0 aliphatic heterocycles. The van der Waals surface area contributed by atoms with Crippen LogP contribution < -0.4 is 5.32 Å². The molecule has 0 bridgehead atoms. The molecule has 100 valence electrons. The van der Waals surface area contributed by atoms with Crippen LogP contribution in [0, 0.1) is 0 Å². The van der Waals surface area contributed by atoms with Crippen molar-refractivity contribution in [3.8, 4) is 0 Å². The summed E-state index contributed by atoms with van der Waals surface area (Å²) in [6.07, 6.45) is 1.57. The molecule has 0 radical (unpaired) electrons. The molecule has 5 nitrogen and oxygen atoms in total. The fourth-order valence-corrected chi connectivity index (χ4v) is 1.52. The van der Waals surface area contributed by atoms with Gasteiger partial charge in [-0.3, -0.25) is 0 Å². The molecule has 1 aromatic heterocycles. The van der Waals surface area contributed by atoms with E-state index in [1.54, 1.807) is 18.3 Å². The molecule has 0 aliphatic carbocycles. The summed E-state index contributed by atoms with van der Waals surface area (Å²) in [5, 5.41) is 3.15. The second kappa shape index (κ2) is 6.35. The Morgan fingerprint density at radius 2 is 2.22 bits per heavy atom. The van der Waals surface area contributed by atoms with Gasteiger partial charge in [-0.25, -0.2) is 9.78 Å². The molecule has 1 rings (SSSR count). The summed E-state index contributed by atoms with van der Waals surface area (Å²) in [5.41, 5.74) is 0.196. The number of carbonyl (C=O) groups is 1. The van der Waals surface area contributed by atoms with E-state index < -0.39 is 0 Å². The highest BCUT2D eigenvalue weighted by Crippen LogP contribution is 2.12. The van der Waals surface area contributed by atoms with Crippen LogP contribution in [0.25, 0.3) is 0 Å². The zero-order chi connectivity index (χ0) is 13.6. The van der Waals surface area contributed by atoms with Crippen molar-refractivity contribution < 1.29 is 14.3 Å². The van der Waals surface area contributed by atoms with Crippen LogP contribution in [0.3, 0.4) is 0 Å². The smallest absolute Gasteiger partial charge is 0.338 e. The molecule has 5 heteroatoms. The lowest BCUT2D eigenvalue weighted by Gasteiger charge is -2.25. The topological polar surface area (TPSA) is 60.5 Å². The van der Waals surface area contributed by atoms with E-state index in [0.717, 1.165) is 0 Å². The number of anilines is 1. The predicted molar refractivity (Wildman–Crippen MR) is 69.8 cm³/mol. The van der Waals surface area contributed by atoms with Gasteiger partial charge in [0.25, 0.3) is 0 Å². The summed E-state index contributed by atoms with van der Waals surface area (Å²) in [6, 6.07) is 3.28. The fraction of sp³-hybridized carbons (Fsp3) is 0.538. The van der Waals surface area contributed by atoms with Crippen LogP contribution in [-0.4, -0.2) is 36.8 Å². The van der Waals surface area contributed by atoms with Crippen molar-refractivity contribution in [2.24, 2.45) is 0 Å². The molecule has 0 saturated heterocycles. The minimum absolute atomic E-state index is 0.280. The Labute approximate surface area is 108 Å². The number of nitrogens with zero attached hydrogens (tertiary/aromatic N) is 1. The highest BCUT2D eigenvalue weighted by molar-refractivity contribution is 5.89. The zero-order valence-electron chi connectivity index (χ0n) is 11.3. The number of hydrogen-bond acceptors (Lipinski definition) is 5. The molecule has 0 aromatic carbocycles. The van der Waals surface area contributed by atoms with Crippen LogP contribution in [-0.2, 0) is 9.47 Å². The number of pyridine rings is 1. The van der Waals surface area contributed by atoms with Gasteiger partial charge in [0.05, 0.1) is 18.3 Å². The van der Waals surface area contributed by atoms with E-state index in [4.69, 9.17) is 4.74 Å². The minimum atomic E-state index is -0.371. The molecule has 0 atom stereocenters. The molecule has 0 amide bonds. The first kappa shape index (κ1) is 14.4. The standard InChI is InChI=1S/C13H20N2O3/c1-5-18-13(2,3)9-15-11-8-10(6-7-14-11)12(16)17-4/h6-8H,5,9H2,1-4H3,(H,14,15). The number of methoxy groups -OCH3 is 1. The normalized spacial score (nSPS) is 11.1. The van der Waals surface area contributed by atoms with Crippen LogP contribution >= 0.6 is 0 Å². The largest absolute Gasteiger partial charge is 0.465 e. The molecular weight excluding hydrogens is 232 g/mol. The maximum Gasteiger partial charge on any atom is 0.338 e. The molecule has 1 N–H and O–H groups in total. The molecule has 1 aromatic rings. The Hall–Kier alpha value is -1.62. The van der Waals surface area contributed by atoms with Gasteiger partial charge in [0, 0.05) is 19.3 Å². The van der Waals surface area contributed by atoms with Crippen molar-refractivity contribution >= 4 is 11.8 Å². The Kier molecular flexibility index (Phi) is 5.09. The van der Waals surface area contributed by atoms with E-state index in [0.29, 0.717) is 24.5 Å². The first-order chi connectivity index (χ1) is 8.48. The first-order valence-electron chi connectivity index (χ1n) is 5.90. The summed E-state index contributed by atoms with van der Waals surface area (Å²) >= 11 is 0. The summed E-state index contributed by atoms with van der Waals surface area (Å²) in [6.45, 7) is 7.21. The van der Waals surface area contributed by atoms with E-state index >= 15 is 0 Å². The summed E-state index contributed by atoms with van der Waals surface area (Å²) in [7, 11) is 1.36. The van der Waals surface area contributed by atoms with Gasteiger partial charge in [-0.2, -0.15) is 0 Å². The molecule has 0 aliphatic rings. The SMILES string of the molecule is CCOC(C)(C)CNc1cc(C(=O)OC)ccn1. The molecule has 0 fully saturated rings. The molecular formula is C13H20N2O3. The van der Waals surface area contributed by atoms with E-state index in [-0.39, 0.29) is 11.6 Å². The maximum atomic E-state index is 11.4. The molecule has 1 heterocycles. The number of esters is 1. The average molecular weight is 252 g/mol. The number of nitrogens with one attached hydrogen (secondary N) is 1. The monoisotopic (exact) mass is 252 g/mol. The van der Waals surface area contributed by atoms with Gasteiger partial charge in [0.1, 0.15) is 5.82 Å². The quantitative estimate of drug-likeness (QED) is 0.786. The molecule has 0 spiro atoms. The van der Waals surface area contributed by atoms with Gasteiger partial charge < -0.3 is 14.8 Å². The van der Waals surface area contributed by atoms with Crippen LogP contribution in [0.15, 0.2) is 18.3 Å². The van der Waals surface area contributed by atoms with Gasteiger partial charge in [-0.15, -0.1) is 0 Å². The fourth-order valence-electron chi connectivity index (χ4n) is 1.52. The zero-order valence-corrected chi connectivity index (χ0v) is 11.3. The second-order valence-electron chi connectivity index (χ2n) is 4.47. The Morgan fingerprint density at radius 3 is 2.83 bits per heavy atom. The number of hydrogen-bond donors (Lipinski definition) is 1. The van der Waals surface area contributed by atoms with Crippen LogP contribution in [0.4, 0.5) is 5.82 Å². The number of aromatic nitrogens is 1. The van der Waals surface area contributed by atoms with Crippen molar-refractivity contribution in [1.29, 1.82) is 0 Å². The highest BCUT2D eigenvalue weighted by atomic mass is 16.5. The van der Waals surface area contributed by atoms with E-state index in [1.165, 1.54) is 7.11 Å². The summed E-state index contributed by atoms with van der Waals surface area (Å²) in [5.74, 6) is 0.259. The Morgan fingerprint density at radius 1 is 1.50 bits per heavy atom. The second-order valence-corrected chi connectivity index (χ2v) is 4.47. The summed E-state index contributed by atoms with van der Waals surface area (Å²) < 4.78 is 10.2. The van der Waals surface area contributed by atoms with Gasteiger partial charge >= 0.3 is 5.97 Å². The van der Waals surface area contributed by atoms with Crippen LogP contribution in [0.5, 0.6) is 0 Å². The molecule has 18 heavy (non-hydrogen) atoms. The lowest BCUT2D eigenvalue weighted by atomic mass is 10.1. The lowest BCUT2D eigenvalue weighted by Crippen LogP contribution is -2.33. The van der Waals surface area contributed by atoms with Crippen molar-refractivity contribution in [3.63, 3.8) is 0 Å². The Balaban J connectivity index is 2.65. The van der Waals surface area contributed by atoms with Crippen molar-refractivity contribution in [1.82, 2.24) is 4.98 Å². The molecule has 0 saturated carbocycles. The third-order valence-electron chi connectivity index (χ3n) is 2.41. The van der Waals surface area contributed by atoms with Crippen molar-refractivity contribution in [2.45, 2.75) is 26.4 Å². The minimum Gasteiger partial charge on any atom is -0.465 e. The summed E-state index contributed by atoms with van der Waals surface area (Å²) in [4.78, 5) is 15.5. The van der Waals surface area contributed by atoms with Crippen molar-refractivity contribution in [3.05, 3.63) is 23.9 Å². The van der Waals surface area contributed by atoms with Crippen LogP contribution in [0.2, 0.25) is 0 Å². The lowest BCUT2D eigenvalue weighted by molar-refractivity contribution is 0.000641. The third kappa shape index (κ3) is 4.33.